The van der Waals surface area contributed by atoms with Crippen LogP contribution in [0.5, 0.6) is 0 Å². The normalized spacial score (nSPS) is 15.9. The predicted molar refractivity (Wildman–Crippen MR) is 96.6 cm³/mol. The fraction of sp³-hybridized carbons (Fsp3) is 0.150. The minimum absolute atomic E-state index is 0.0288. The monoisotopic (exact) mass is 344 g/mol. The number of aromatic nitrogens is 3. The van der Waals surface area contributed by atoms with Crippen LogP contribution in [0.4, 0.5) is 0 Å². The highest BCUT2D eigenvalue weighted by molar-refractivity contribution is 5.93. The van der Waals surface area contributed by atoms with Gasteiger partial charge in [0.1, 0.15) is 0 Å². The molecule has 5 rings (SSSR count). The number of rotatable bonds is 3. The third kappa shape index (κ3) is 2.47. The molecule has 1 amide bonds. The predicted octanol–water partition coefficient (Wildman–Crippen LogP) is 3.64. The van der Waals surface area contributed by atoms with E-state index in [4.69, 9.17) is 4.52 Å². The summed E-state index contributed by atoms with van der Waals surface area (Å²) in [6, 6.07) is 15.7. The number of hydrogen-bond donors (Lipinski definition) is 2. The van der Waals surface area contributed by atoms with Crippen molar-refractivity contribution in [1.82, 2.24) is 20.7 Å². The molecule has 2 aromatic heterocycles. The Balaban J connectivity index is 1.37. The van der Waals surface area contributed by atoms with Crippen molar-refractivity contribution in [3.63, 3.8) is 0 Å². The van der Waals surface area contributed by atoms with Crippen molar-refractivity contribution in [2.24, 2.45) is 0 Å². The lowest BCUT2D eigenvalue weighted by molar-refractivity contribution is 0.0927. The number of nitrogens with zero attached hydrogens (tertiary/aromatic N) is 2. The summed E-state index contributed by atoms with van der Waals surface area (Å²) in [7, 11) is 0. The molecule has 1 atom stereocenters. The summed E-state index contributed by atoms with van der Waals surface area (Å²) < 4.78 is 5.39. The van der Waals surface area contributed by atoms with E-state index in [0.29, 0.717) is 5.76 Å². The Hall–Kier alpha value is -3.41. The van der Waals surface area contributed by atoms with Gasteiger partial charge in [-0.2, -0.15) is 5.10 Å². The Morgan fingerprint density at radius 2 is 2.12 bits per heavy atom. The summed E-state index contributed by atoms with van der Waals surface area (Å²) >= 11 is 0. The molecular formula is C20H16N4O2. The number of nitrogens with one attached hydrogen (secondary N) is 2. The standard InChI is InChI=1S/C20H16N4O2/c25-20(22-17-8-5-12-3-1-2-4-15(12)17)18-10-19(26-24-18)13-6-7-16-14(9-13)11-21-23-16/h1-4,6-7,9-11,17H,5,8H2,(H,21,23)(H,22,25). The third-order valence-corrected chi connectivity index (χ3v) is 4.91. The van der Waals surface area contributed by atoms with E-state index >= 15 is 0 Å². The van der Waals surface area contributed by atoms with E-state index in [-0.39, 0.29) is 17.6 Å². The van der Waals surface area contributed by atoms with Gasteiger partial charge in [0.25, 0.3) is 5.91 Å². The maximum absolute atomic E-state index is 12.6. The van der Waals surface area contributed by atoms with Crippen LogP contribution in [-0.4, -0.2) is 21.3 Å². The molecule has 0 aliphatic heterocycles. The van der Waals surface area contributed by atoms with Gasteiger partial charge in [0.05, 0.1) is 17.8 Å². The highest BCUT2D eigenvalue weighted by Crippen LogP contribution is 2.31. The van der Waals surface area contributed by atoms with Crippen LogP contribution >= 0.6 is 0 Å². The molecule has 1 unspecified atom stereocenters. The van der Waals surface area contributed by atoms with Crippen molar-refractivity contribution < 1.29 is 9.32 Å². The van der Waals surface area contributed by atoms with E-state index in [9.17, 15) is 4.79 Å². The second-order valence-corrected chi connectivity index (χ2v) is 6.51. The molecule has 0 radical (unpaired) electrons. The molecular weight excluding hydrogens is 328 g/mol. The number of aromatic amines is 1. The highest BCUT2D eigenvalue weighted by atomic mass is 16.5. The number of carbonyl (C=O) groups is 1. The van der Waals surface area contributed by atoms with Crippen LogP contribution in [0.25, 0.3) is 22.2 Å². The molecule has 6 nitrogen and oxygen atoms in total. The van der Waals surface area contributed by atoms with E-state index in [0.717, 1.165) is 29.3 Å². The topological polar surface area (TPSA) is 83.8 Å². The molecule has 6 heteroatoms. The molecule has 26 heavy (non-hydrogen) atoms. The zero-order valence-electron chi connectivity index (χ0n) is 13.9. The van der Waals surface area contributed by atoms with Gasteiger partial charge in [0, 0.05) is 17.0 Å². The molecule has 0 saturated carbocycles. The molecule has 0 fully saturated rings. The van der Waals surface area contributed by atoms with Crippen LogP contribution in [0.1, 0.15) is 34.1 Å². The largest absolute Gasteiger partial charge is 0.355 e. The molecule has 2 heterocycles. The molecule has 2 N–H and O–H groups in total. The van der Waals surface area contributed by atoms with Crippen molar-refractivity contribution in [2.75, 3.05) is 0 Å². The molecule has 4 aromatic rings. The van der Waals surface area contributed by atoms with Crippen molar-refractivity contribution in [3.05, 3.63) is 71.5 Å². The van der Waals surface area contributed by atoms with E-state index in [1.165, 1.54) is 11.1 Å². The summed E-state index contributed by atoms with van der Waals surface area (Å²) in [6.45, 7) is 0. The van der Waals surface area contributed by atoms with Gasteiger partial charge in [-0.1, -0.05) is 29.4 Å². The molecule has 0 spiro atoms. The van der Waals surface area contributed by atoms with Gasteiger partial charge in [-0.05, 0) is 42.2 Å². The second kappa shape index (κ2) is 5.84. The van der Waals surface area contributed by atoms with Crippen LogP contribution < -0.4 is 5.32 Å². The first kappa shape index (κ1) is 14.9. The van der Waals surface area contributed by atoms with Crippen LogP contribution in [-0.2, 0) is 6.42 Å². The molecule has 1 aliphatic carbocycles. The Labute approximate surface area is 149 Å². The number of benzene rings is 2. The van der Waals surface area contributed by atoms with Gasteiger partial charge in [-0.15, -0.1) is 0 Å². The SMILES string of the molecule is O=C(NC1CCc2ccccc21)c1cc(-c2ccc3[nH]ncc3c2)on1. The van der Waals surface area contributed by atoms with E-state index < -0.39 is 0 Å². The Morgan fingerprint density at radius 3 is 3.08 bits per heavy atom. The molecule has 1 aliphatic rings. The smallest absolute Gasteiger partial charge is 0.273 e. The fourth-order valence-electron chi connectivity index (χ4n) is 3.55. The lowest BCUT2D eigenvalue weighted by atomic mass is 10.1. The molecule has 0 bridgehead atoms. The second-order valence-electron chi connectivity index (χ2n) is 6.51. The van der Waals surface area contributed by atoms with Gasteiger partial charge >= 0.3 is 0 Å². The average Bonchev–Trinajstić information content (AvgIpc) is 3.40. The van der Waals surface area contributed by atoms with Crippen molar-refractivity contribution in [1.29, 1.82) is 0 Å². The van der Waals surface area contributed by atoms with Crippen LogP contribution in [0, 0.1) is 0 Å². The first-order chi connectivity index (χ1) is 12.8. The summed E-state index contributed by atoms with van der Waals surface area (Å²) in [4.78, 5) is 12.6. The lowest BCUT2D eigenvalue weighted by Crippen LogP contribution is -2.27. The summed E-state index contributed by atoms with van der Waals surface area (Å²) in [5.41, 5.74) is 4.58. The average molecular weight is 344 g/mol. The third-order valence-electron chi connectivity index (χ3n) is 4.91. The Morgan fingerprint density at radius 1 is 1.19 bits per heavy atom. The fourth-order valence-corrected chi connectivity index (χ4v) is 3.55. The molecule has 2 aromatic carbocycles. The number of hydrogen-bond acceptors (Lipinski definition) is 4. The first-order valence-corrected chi connectivity index (χ1v) is 8.57. The first-order valence-electron chi connectivity index (χ1n) is 8.57. The van der Waals surface area contributed by atoms with Gasteiger partial charge in [-0.25, -0.2) is 0 Å². The number of carbonyl (C=O) groups excluding carboxylic acids is 1. The van der Waals surface area contributed by atoms with Gasteiger partial charge in [0.15, 0.2) is 11.5 Å². The molecule has 0 saturated heterocycles. The summed E-state index contributed by atoms with van der Waals surface area (Å²) in [5, 5.41) is 14.9. The van der Waals surface area contributed by atoms with Crippen LogP contribution in [0.2, 0.25) is 0 Å². The maximum Gasteiger partial charge on any atom is 0.273 e. The van der Waals surface area contributed by atoms with Crippen molar-refractivity contribution in [2.45, 2.75) is 18.9 Å². The van der Waals surface area contributed by atoms with Crippen LogP contribution in [0.15, 0.2) is 59.3 Å². The van der Waals surface area contributed by atoms with Gasteiger partial charge in [-0.3, -0.25) is 9.89 Å². The van der Waals surface area contributed by atoms with E-state index in [1.54, 1.807) is 12.3 Å². The number of H-pyrrole nitrogens is 1. The lowest BCUT2D eigenvalue weighted by Gasteiger charge is -2.12. The summed E-state index contributed by atoms with van der Waals surface area (Å²) in [6.07, 6.45) is 3.64. The minimum atomic E-state index is -0.217. The Kier molecular flexibility index (Phi) is 3.35. The minimum Gasteiger partial charge on any atom is -0.355 e. The zero-order chi connectivity index (χ0) is 17.5. The summed E-state index contributed by atoms with van der Waals surface area (Å²) in [5.74, 6) is 0.344. The Bertz CT molecular complexity index is 1110. The zero-order valence-corrected chi connectivity index (χ0v) is 13.9. The van der Waals surface area contributed by atoms with Crippen molar-refractivity contribution >= 4 is 16.8 Å². The highest BCUT2D eigenvalue weighted by Gasteiger charge is 2.25. The van der Waals surface area contributed by atoms with Crippen LogP contribution in [0.3, 0.4) is 0 Å². The number of fused-ring (bicyclic) bond motifs is 2. The van der Waals surface area contributed by atoms with Gasteiger partial charge in [0.2, 0.25) is 0 Å². The van der Waals surface area contributed by atoms with E-state index in [1.807, 2.05) is 30.3 Å². The van der Waals surface area contributed by atoms with Gasteiger partial charge < -0.3 is 9.84 Å². The molecule has 128 valence electrons. The van der Waals surface area contributed by atoms with E-state index in [2.05, 4.69) is 32.8 Å². The quantitative estimate of drug-likeness (QED) is 0.594. The number of aryl methyl sites for hydroxylation is 1. The number of amides is 1. The maximum atomic E-state index is 12.6. The van der Waals surface area contributed by atoms with Crippen molar-refractivity contribution in [3.8, 4) is 11.3 Å².